The van der Waals surface area contributed by atoms with Crippen LogP contribution in [0.4, 0.5) is 0 Å². The number of carbonyl (C=O) groups excluding carboxylic acids is 4. The van der Waals surface area contributed by atoms with E-state index in [1.165, 1.54) is 12.5 Å². The fraction of sp³-hybridized carbons (Fsp3) is 0.148. The molecule has 7 rings (SSSR count). The zero-order chi connectivity index (χ0) is 45.2. The molecule has 64 heavy (non-hydrogen) atoms. The number of aryl methyl sites for hydroxylation is 2. The maximum Gasteiger partial charge on any atom is 0.343 e. The molecule has 0 heterocycles. The Bertz CT molecular complexity index is 2760. The van der Waals surface area contributed by atoms with Crippen LogP contribution in [0, 0.1) is 13.8 Å². The van der Waals surface area contributed by atoms with Gasteiger partial charge in [-0.1, -0.05) is 55.5 Å². The number of hydrogen-bond donors (Lipinski definition) is 0. The van der Waals surface area contributed by atoms with E-state index < -0.39 is 17.9 Å². The standard InChI is InChI=1S/C54H46O10/c1-34-30-44(18-28-50(34)59-5)36(3)45-19-29-51(35(2)31-45)64-54(58)43-16-26-49(27-17-43)63-48-24-14-42(15-25-48)53(57)61-33-39-8-6-38(7-9-39)32-60-52(56)41-12-22-47(23-13-41)62-46-20-10-40(11-21-46)37(4)55/h6-31,36H,32-33H2,1-5H3. The van der Waals surface area contributed by atoms with Crippen molar-refractivity contribution in [3.63, 3.8) is 0 Å². The predicted molar refractivity (Wildman–Crippen MR) is 242 cm³/mol. The van der Waals surface area contributed by atoms with Gasteiger partial charge in [0.25, 0.3) is 0 Å². The van der Waals surface area contributed by atoms with Crippen molar-refractivity contribution in [1.82, 2.24) is 0 Å². The number of esters is 3. The molecule has 7 aromatic carbocycles. The Kier molecular flexibility index (Phi) is 14.0. The second-order valence-electron chi connectivity index (χ2n) is 15.2. The van der Waals surface area contributed by atoms with E-state index in [9.17, 15) is 19.2 Å². The van der Waals surface area contributed by atoms with Crippen molar-refractivity contribution in [2.75, 3.05) is 7.11 Å². The summed E-state index contributed by atoms with van der Waals surface area (Å²) in [6, 6.07) is 45.8. The van der Waals surface area contributed by atoms with Crippen LogP contribution in [0.5, 0.6) is 34.5 Å². The molecule has 0 aliphatic carbocycles. The van der Waals surface area contributed by atoms with Gasteiger partial charge in [-0.2, -0.15) is 0 Å². The number of rotatable bonds is 16. The first kappa shape index (κ1) is 44.1. The molecule has 322 valence electrons. The van der Waals surface area contributed by atoms with E-state index >= 15 is 0 Å². The van der Waals surface area contributed by atoms with E-state index in [1.807, 2.05) is 38.1 Å². The average molecular weight is 855 g/mol. The molecule has 0 saturated heterocycles. The van der Waals surface area contributed by atoms with Gasteiger partial charge >= 0.3 is 17.9 Å². The summed E-state index contributed by atoms with van der Waals surface area (Å²) in [6.07, 6.45) is 0. The molecule has 0 amide bonds. The number of ether oxygens (including phenoxy) is 6. The van der Waals surface area contributed by atoms with E-state index in [2.05, 4.69) is 19.1 Å². The lowest BCUT2D eigenvalue weighted by Crippen LogP contribution is -2.09. The second kappa shape index (κ2) is 20.3. The number of Topliss-reactive ketones (excluding diaryl/α,β-unsaturated/α-hetero) is 1. The molecule has 0 bridgehead atoms. The van der Waals surface area contributed by atoms with E-state index in [0.717, 1.165) is 33.6 Å². The predicted octanol–water partition coefficient (Wildman–Crippen LogP) is 12.2. The van der Waals surface area contributed by atoms with Crippen molar-refractivity contribution in [2.24, 2.45) is 0 Å². The van der Waals surface area contributed by atoms with Crippen LogP contribution in [0.3, 0.4) is 0 Å². The van der Waals surface area contributed by atoms with Crippen LogP contribution >= 0.6 is 0 Å². The van der Waals surface area contributed by atoms with Crippen LogP contribution in [-0.2, 0) is 22.7 Å². The normalized spacial score (nSPS) is 11.2. The van der Waals surface area contributed by atoms with Gasteiger partial charge in [-0.3, -0.25) is 4.79 Å². The van der Waals surface area contributed by atoms with E-state index in [4.69, 9.17) is 28.4 Å². The zero-order valence-electron chi connectivity index (χ0n) is 36.1. The summed E-state index contributed by atoms with van der Waals surface area (Å²) >= 11 is 0. The van der Waals surface area contributed by atoms with Crippen LogP contribution in [0.1, 0.15) is 94.6 Å². The van der Waals surface area contributed by atoms with Crippen LogP contribution in [-0.4, -0.2) is 30.8 Å². The van der Waals surface area contributed by atoms with Gasteiger partial charge in [-0.25, -0.2) is 14.4 Å². The molecule has 0 radical (unpaired) electrons. The van der Waals surface area contributed by atoms with Crippen LogP contribution < -0.4 is 18.9 Å². The van der Waals surface area contributed by atoms with Crippen molar-refractivity contribution in [3.8, 4) is 34.5 Å². The minimum atomic E-state index is -0.499. The molecule has 0 fully saturated rings. The van der Waals surface area contributed by atoms with Gasteiger partial charge in [0.15, 0.2) is 5.78 Å². The van der Waals surface area contributed by atoms with Gasteiger partial charge in [0.05, 0.1) is 23.8 Å². The molecule has 0 saturated carbocycles. The smallest absolute Gasteiger partial charge is 0.343 e. The third-order valence-corrected chi connectivity index (χ3v) is 10.6. The highest BCUT2D eigenvalue weighted by atomic mass is 16.5. The van der Waals surface area contributed by atoms with Crippen LogP contribution in [0.15, 0.2) is 158 Å². The molecule has 0 aromatic heterocycles. The maximum atomic E-state index is 13.0. The molecule has 10 heteroatoms. The largest absolute Gasteiger partial charge is 0.496 e. The number of carbonyl (C=O) groups is 4. The number of methoxy groups -OCH3 is 1. The van der Waals surface area contributed by atoms with Gasteiger partial charge in [0.2, 0.25) is 0 Å². The second-order valence-corrected chi connectivity index (χ2v) is 15.2. The summed E-state index contributed by atoms with van der Waals surface area (Å²) < 4.78 is 33.9. The first-order valence-corrected chi connectivity index (χ1v) is 20.6. The molecular weight excluding hydrogens is 809 g/mol. The summed E-state index contributed by atoms with van der Waals surface area (Å²) in [5.74, 6) is 2.10. The van der Waals surface area contributed by atoms with Gasteiger partial charge in [-0.05, 0) is 163 Å². The molecule has 0 aliphatic heterocycles. The van der Waals surface area contributed by atoms with Gasteiger partial charge in [0, 0.05) is 11.5 Å². The minimum absolute atomic E-state index is 0.0244. The van der Waals surface area contributed by atoms with Crippen LogP contribution in [0.2, 0.25) is 0 Å². The highest BCUT2D eigenvalue weighted by Crippen LogP contribution is 2.32. The summed E-state index contributed by atoms with van der Waals surface area (Å²) in [6.45, 7) is 7.71. The first-order chi connectivity index (χ1) is 30.9. The summed E-state index contributed by atoms with van der Waals surface area (Å²) in [5.41, 5.74) is 7.43. The lowest BCUT2D eigenvalue weighted by molar-refractivity contribution is 0.0460. The van der Waals surface area contributed by atoms with Crippen LogP contribution in [0.25, 0.3) is 0 Å². The number of hydrogen-bond acceptors (Lipinski definition) is 10. The SMILES string of the molecule is COc1ccc(C(C)c2ccc(OC(=O)c3ccc(Oc4ccc(C(=O)OCc5ccc(COC(=O)c6ccc(Oc7ccc(C(C)=O)cc7)cc6)cc5)cc4)cc3)c(C)c2)cc1C. The Balaban J connectivity index is 0.833. The Hall–Kier alpha value is -7.98. The quantitative estimate of drug-likeness (QED) is 0.0527. The first-order valence-electron chi connectivity index (χ1n) is 20.6. The highest BCUT2D eigenvalue weighted by molar-refractivity contribution is 5.94. The molecule has 7 aromatic rings. The average Bonchev–Trinajstić information content (AvgIpc) is 3.31. The van der Waals surface area contributed by atoms with Crippen molar-refractivity contribution < 1.29 is 47.6 Å². The Morgan fingerprint density at radius 2 is 0.812 bits per heavy atom. The molecule has 0 spiro atoms. The Morgan fingerprint density at radius 1 is 0.453 bits per heavy atom. The summed E-state index contributed by atoms with van der Waals surface area (Å²) in [7, 11) is 1.67. The van der Waals surface area contributed by atoms with Crippen molar-refractivity contribution in [1.29, 1.82) is 0 Å². The van der Waals surface area contributed by atoms with Crippen molar-refractivity contribution in [3.05, 3.63) is 213 Å². The molecule has 1 atom stereocenters. The fourth-order valence-corrected chi connectivity index (χ4v) is 6.78. The molecule has 1 unspecified atom stereocenters. The number of ketones is 1. The molecule has 0 aliphatic rings. The summed E-state index contributed by atoms with van der Waals surface area (Å²) in [5, 5.41) is 0. The minimum Gasteiger partial charge on any atom is -0.496 e. The van der Waals surface area contributed by atoms with Crippen molar-refractivity contribution >= 4 is 23.7 Å². The van der Waals surface area contributed by atoms with Gasteiger partial charge < -0.3 is 28.4 Å². The van der Waals surface area contributed by atoms with Gasteiger partial charge in [-0.15, -0.1) is 0 Å². The maximum absolute atomic E-state index is 13.0. The summed E-state index contributed by atoms with van der Waals surface area (Å²) in [4.78, 5) is 50.0. The monoisotopic (exact) mass is 854 g/mol. The van der Waals surface area contributed by atoms with Gasteiger partial charge in [0.1, 0.15) is 47.7 Å². The highest BCUT2D eigenvalue weighted by Gasteiger charge is 2.16. The molecule has 10 nitrogen and oxygen atoms in total. The third-order valence-electron chi connectivity index (χ3n) is 10.6. The lowest BCUT2D eigenvalue weighted by Gasteiger charge is -2.16. The topological polar surface area (TPSA) is 124 Å². The van der Waals surface area contributed by atoms with E-state index in [-0.39, 0.29) is 24.9 Å². The lowest BCUT2D eigenvalue weighted by atomic mass is 9.91. The zero-order valence-corrected chi connectivity index (χ0v) is 36.1. The molecular formula is C54H46O10. The molecule has 0 N–H and O–H groups in total. The Labute approximate surface area is 371 Å². The number of benzene rings is 7. The van der Waals surface area contributed by atoms with Crippen molar-refractivity contribution in [2.45, 2.75) is 46.8 Å². The Morgan fingerprint density at radius 3 is 1.17 bits per heavy atom. The fourth-order valence-electron chi connectivity index (χ4n) is 6.78. The van der Waals surface area contributed by atoms with E-state index in [1.54, 1.807) is 128 Å². The van der Waals surface area contributed by atoms with E-state index in [0.29, 0.717) is 51.0 Å². The third kappa shape index (κ3) is 11.3.